The van der Waals surface area contributed by atoms with E-state index in [-0.39, 0.29) is 19.0 Å². The van der Waals surface area contributed by atoms with Crippen LogP contribution in [0.4, 0.5) is 4.39 Å². The molecule has 0 atom stereocenters. The number of carbonyl (C=O) groups excluding carboxylic acids is 1. The summed E-state index contributed by atoms with van der Waals surface area (Å²) in [5.74, 6) is 4.10. The lowest BCUT2D eigenvalue weighted by Gasteiger charge is -2.03. The van der Waals surface area contributed by atoms with Gasteiger partial charge in [-0.15, -0.1) is 0 Å². The predicted octanol–water partition coefficient (Wildman–Crippen LogP) is 0.332. The summed E-state index contributed by atoms with van der Waals surface area (Å²) in [6.07, 6.45) is 0. The number of ether oxygens (including phenoxy) is 1. The molecule has 4 nitrogen and oxygen atoms in total. The molecule has 0 aliphatic rings. The smallest absolute Gasteiger partial charge is 0.259 e. The summed E-state index contributed by atoms with van der Waals surface area (Å²) in [5.41, 5.74) is 2.60. The van der Waals surface area contributed by atoms with Gasteiger partial charge in [0.05, 0.1) is 6.61 Å². The summed E-state index contributed by atoms with van der Waals surface area (Å²) in [4.78, 5) is 10.6. The van der Waals surface area contributed by atoms with Crippen molar-refractivity contribution >= 4 is 5.91 Å². The monoisotopic (exact) mass is 198 g/mol. The molecule has 1 amide bonds. The van der Waals surface area contributed by atoms with Crippen LogP contribution in [0.3, 0.4) is 0 Å². The Labute approximate surface area is 80.8 Å². The molecular formula is C9H11FN2O2. The molecule has 1 aromatic carbocycles. The van der Waals surface area contributed by atoms with Gasteiger partial charge >= 0.3 is 0 Å². The Morgan fingerprint density at radius 2 is 2.36 bits per heavy atom. The average Bonchev–Trinajstić information content (AvgIpc) is 2.17. The van der Waals surface area contributed by atoms with Crippen molar-refractivity contribution in [2.45, 2.75) is 6.61 Å². The van der Waals surface area contributed by atoms with Gasteiger partial charge in [-0.3, -0.25) is 10.2 Å². The van der Waals surface area contributed by atoms with Crippen LogP contribution in [-0.4, -0.2) is 12.5 Å². The van der Waals surface area contributed by atoms with E-state index >= 15 is 0 Å². The van der Waals surface area contributed by atoms with Gasteiger partial charge in [0.2, 0.25) is 0 Å². The number of rotatable bonds is 4. The van der Waals surface area contributed by atoms with Crippen molar-refractivity contribution in [2.24, 2.45) is 5.84 Å². The minimum absolute atomic E-state index is 0.132. The molecule has 1 rings (SSSR count). The minimum atomic E-state index is -0.415. The predicted molar refractivity (Wildman–Crippen MR) is 48.4 cm³/mol. The highest BCUT2D eigenvalue weighted by Crippen LogP contribution is 2.04. The second kappa shape index (κ2) is 5.31. The summed E-state index contributed by atoms with van der Waals surface area (Å²) in [7, 11) is 0. The first-order valence-corrected chi connectivity index (χ1v) is 4.04. The molecule has 0 unspecified atom stereocenters. The zero-order valence-electron chi connectivity index (χ0n) is 7.50. The fourth-order valence-corrected chi connectivity index (χ4v) is 0.930. The van der Waals surface area contributed by atoms with Crippen LogP contribution >= 0.6 is 0 Å². The first-order valence-electron chi connectivity index (χ1n) is 4.04. The van der Waals surface area contributed by atoms with Crippen LogP contribution in [0.25, 0.3) is 0 Å². The van der Waals surface area contributed by atoms with Crippen molar-refractivity contribution < 1.29 is 13.9 Å². The van der Waals surface area contributed by atoms with Crippen LogP contribution in [0, 0.1) is 5.82 Å². The standard InChI is InChI=1S/C9H11FN2O2/c10-8-3-1-2-7(4-8)5-14-6-9(13)12-11/h1-4H,5-6,11H2,(H,12,13). The van der Waals surface area contributed by atoms with Crippen LogP contribution in [-0.2, 0) is 16.1 Å². The molecule has 14 heavy (non-hydrogen) atoms. The molecule has 0 aliphatic heterocycles. The maximum Gasteiger partial charge on any atom is 0.259 e. The lowest BCUT2D eigenvalue weighted by atomic mass is 10.2. The van der Waals surface area contributed by atoms with Crippen LogP contribution in [0.2, 0.25) is 0 Å². The summed E-state index contributed by atoms with van der Waals surface area (Å²) in [6.45, 7) is 0.0538. The third-order valence-electron chi connectivity index (χ3n) is 1.55. The minimum Gasteiger partial charge on any atom is -0.367 e. The van der Waals surface area contributed by atoms with Gasteiger partial charge < -0.3 is 4.74 Å². The second-order valence-electron chi connectivity index (χ2n) is 2.69. The third kappa shape index (κ3) is 3.51. The highest BCUT2D eigenvalue weighted by molar-refractivity contribution is 5.76. The van der Waals surface area contributed by atoms with Crippen molar-refractivity contribution in [2.75, 3.05) is 6.61 Å². The average molecular weight is 198 g/mol. The number of nitrogens with one attached hydrogen (secondary N) is 1. The van der Waals surface area contributed by atoms with Gasteiger partial charge in [-0.1, -0.05) is 12.1 Å². The van der Waals surface area contributed by atoms with Crippen LogP contribution < -0.4 is 11.3 Å². The lowest BCUT2D eigenvalue weighted by Crippen LogP contribution is -2.33. The quantitative estimate of drug-likeness (QED) is 0.416. The lowest BCUT2D eigenvalue weighted by molar-refractivity contribution is -0.126. The van der Waals surface area contributed by atoms with Gasteiger partial charge in [0.15, 0.2) is 0 Å². The summed E-state index contributed by atoms with van der Waals surface area (Å²) in [5, 5.41) is 0. The molecule has 0 aromatic heterocycles. The van der Waals surface area contributed by atoms with Crippen molar-refractivity contribution in [3.63, 3.8) is 0 Å². The van der Waals surface area contributed by atoms with Crippen molar-refractivity contribution in [1.82, 2.24) is 5.43 Å². The number of halogens is 1. The van der Waals surface area contributed by atoms with Crippen molar-refractivity contribution in [1.29, 1.82) is 0 Å². The molecular weight excluding hydrogens is 187 g/mol. The van der Waals surface area contributed by atoms with Crippen molar-refractivity contribution in [3.8, 4) is 0 Å². The molecule has 0 spiro atoms. The van der Waals surface area contributed by atoms with E-state index in [1.165, 1.54) is 12.1 Å². The van der Waals surface area contributed by atoms with E-state index in [0.29, 0.717) is 5.56 Å². The first kappa shape index (κ1) is 10.6. The van der Waals surface area contributed by atoms with Gasteiger partial charge in [0, 0.05) is 0 Å². The molecule has 5 heteroatoms. The molecule has 76 valence electrons. The largest absolute Gasteiger partial charge is 0.367 e. The highest BCUT2D eigenvalue weighted by atomic mass is 19.1. The fourth-order valence-electron chi connectivity index (χ4n) is 0.930. The number of amides is 1. The van der Waals surface area contributed by atoms with Gasteiger partial charge in [-0.05, 0) is 17.7 Å². The van der Waals surface area contributed by atoms with E-state index in [1.54, 1.807) is 12.1 Å². The van der Waals surface area contributed by atoms with Crippen molar-refractivity contribution in [3.05, 3.63) is 35.6 Å². The Bertz CT molecular complexity index is 317. The maximum atomic E-state index is 12.7. The van der Waals surface area contributed by atoms with Gasteiger partial charge in [-0.25, -0.2) is 10.2 Å². The molecule has 0 saturated heterocycles. The molecule has 0 saturated carbocycles. The van der Waals surface area contributed by atoms with Gasteiger partial charge in [0.25, 0.3) is 5.91 Å². The van der Waals surface area contributed by atoms with Crippen LogP contribution in [0.1, 0.15) is 5.56 Å². The van der Waals surface area contributed by atoms with Crippen LogP contribution in [0.5, 0.6) is 0 Å². The topological polar surface area (TPSA) is 64.3 Å². The zero-order valence-corrected chi connectivity index (χ0v) is 7.50. The molecule has 0 heterocycles. The summed E-state index contributed by atoms with van der Waals surface area (Å²) < 4.78 is 17.6. The normalized spacial score (nSPS) is 9.86. The van der Waals surface area contributed by atoms with E-state index in [2.05, 4.69) is 0 Å². The maximum absolute atomic E-state index is 12.7. The number of hydrogen-bond acceptors (Lipinski definition) is 3. The second-order valence-corrected chi connectivity index (χ2v) is 2.69. The highest BCUT2D eigenvalue weighted by Gasteiger charge is 1.99. The van der Waals surface area contributed by atoms with Gasteiger partial charge in [-0.2, -0.15) is 0 Å². The molecule has 0 bridgehead atoms. The Kier molecular flexibility index (Phi) is 4.03. The van der Waals surface area contributed by atoms with E-state index in [4.69, 9.17) is 10.6 Å². The van der Waals surface area contributed by atoms with E-state index < -0.39 is 5.91 Å². The number of nitrogens with two attached hydrogens (primary N) is 1. The SMILES string of the molecule is NNC(=O)COCc1cccc(F)c1. The number of hydrazine groups is 1. The molecule has 3 N–H and O–H groups in total. The van der Waals surface area contributed by atoms with Gasteiger partial charge in [0.1, 0.15) is 12.4 Å². The molecule has 0 fully saturated rings. The Morgan fingerprint density at radius 3 is 3.00 bits per heavy atom. The number of benzene rings is 1. The Morgan fingerprint density at radius 1 is 1.57 bits per heavy atom. The zero-order chi connectivity index (χ0) is 10.4. The summed E-state index contributed by atoms with van der Waals surface area (Å²) >= 11 is 0. The van der Waals surface area contributed by atoms with E-state index in [1.807, 2.05) is 5.43 Å². The molecule has 0 radical (unpaired) electrons. The Hall–Kier alpha value is -1.46. The molecule has 0 aliphatic carbocycles. The third-order valence-corrected chi connectivity index (χ3v) is 1.55. The summed E-state index contributed by atoms with van der Waals surface area (Å²) in [6, 6.07) is 5.98. The first-order chi connectivity index (χ1) is 6.72. The van der Waals surface area contributed by atoms with E-state index in [0.717, 1.165) is 0 Å². The fraction of sp³-hybridized carbons (Fsp3) is 0.222. The molecule has 1 aromatic rings. The Balaban J connectivity index is 2.35. The number of carbonyl (C=O) groups is 1. The number of hydrogen-bond donors (Lipinski definition) is 2. The van der Waals surface area contributed by atoms with Crippen LogP contribution in [0.15, 0.2) is 24.3 Å². The van der Waals surface area contributed by atoms with E-state index in [9.17, 15) is 9.18 Å².